The predicted molar refractivity (Wildman–Crippen MR) is 79.8 cm³/mol. The molecule has 1 aliphatic carbocycles. The minimum atomic E-state index is -0.0921. The standard InChI is InChI=1S/C17H28O2/c1-5-6-7-8-9-17(18)19-16-12-14(4)10-11-15(16)13(2)3/h5-8,13-16H,9-12H2,1-4H3/b6-5-,8-7-/t14-,15+,16-/m1/s1. The van der Waals surface area contributed by atoms with Gasteiger partial charge in [0, 0.05) is 0 Å². The van der Waals surface area contributed by atoms with E-state index in [2.05, 4.69) is 20.8 Å². The first-order valence-corrected chi connectivity index (χ1v) is 7.51. The van der Waals surface area contributed by atoms with E-state index in [1.165, 1.54) is 12.8 Å². The lowest BCUT2D eigenvalue weighted by atomic mass is 9.75. The first-order chi connectivity index (χ1) is 9.04. The minimum Gasteiger partial charge on any atom is -0.462 e. The van der Waals surface area contributed by atoms with Crippen LogP contribution in [0, 0.1) is 17.8 Å². The van der Waals surface area contributed by atoms with Crippen molar-refractivity contribution >= 4 is 5.97 Å². The highest BCUT2D eigenvalue weighted by atomic mass is 16.5. The molecule has 0 aliphatic heterocycles. The zero-order valence-electron chi connectivity index (χ0n) is 12.8. The normalized spacial score (nSPS) is 28.4. The third-order valence-corrected chi connectivity index (χ3v) is 3.97. The highest BCUT2D eigenvalue weighted by molar-refractivity contribution is 5.71. The summed E-state index contributed by atoms with van der Waals surface area (Å²) >= 11 is 0. The fraction of sp³-hybridized carbons (Fsp3) is 0.706. The number of allylic oxidation sites excluding steroid dienone is 3. The van der Waals surface area contributed by atoms with E-state index in [-0.39, 0.29) is 12.1 Å². The van der Waals surface area contributed by atoms with E-state index < -0.39 is 0 Å². The molecule has 2 nitrogen and oxygen atoms in total. The molecule has 2 heteroatoms. The van der Waals surface area contributed by atoms with Crippen molar-refractivity contribution in [2.24, 2.45) is 17.8 Å². The molecule has 0 radical (unpaired) electrons. The summed E-state index contributed by atoms with van der Waals surface area (Å²) in [4.78, 5) is 11.9. The van der Waals surface area contributed by atoms with E-state index in [0.29, 0.717) is 24.2 Å². The molecule has 0 bridgehead atoms. The smallest absolute Gasteiger partial charge is 0.309 e. The van der Waals surface area contributed by atoms with Gasteiger partial charge in [-0.1, -0.05) is 51.5 Å². The van der Waals surface area contributed by atoms with Crippen LogP contribution in [0.5, 0.6) is 0 Å². The van der Waals surface area contributed by atoms with Crippen LogP contribution in [-0.2, 0) is 9.53 Å². The summed E-state index contributed by atoms with van der Waals surface area (Å²) in [6, 6.07) is 0. The molecule has 1 saturated carbocycles. The van der Waals surface area contributed by atoms with Crippen molar-refractivity contribution in [1.29, 1.82) is 0 Å². The Morgan fingerprint density at radius 1 is 1.32 bits per heavy atom. The number of rotatable bonds is 5. The molecule has 0 spiro atoms. The Balaban J connectivity index is 2.49. The minimum absolute atomic E-state index is 0.0921. The van der Waals surface area contributed by atoms with E-state index in [9.17, 15) is 4.79 Å². The Hall–Kier alpha value is -1.05. The Kier molecular flexibility index (Phi) is 6.90. The molecule has 1 aliphatic rings. The highest BCUT2D eigenvalue weighted by Crippen LogP contribution is 2.35. The monoisotopic (exact) mass is 264 g/mol. The zero-order valence-corrected chi connectivity index (χ0v) is 12.8. The van der Waals surface area contributed by atoms with Gasteiger partial charge in [-0.2, -0.15) is 0 Å². The van der Waals surface area contributed by atoms with E-state index in [4.69, 9.17) is 4.74 Å². The lowest BCUT2D eigenvalue weighted by Crippen LogP contribution is -2.35. The maximum absolute atomic E-state index is 11.9. The van der Waals surface area contributed by atoms with Gasteiger partial charge < -0.3 is 4.74 Å². The Bertz CT molecular complexity index is 328. The van der Waals surface area contributed by atoms with Gasteiger partial charge in [0.1, 0.15) is 6.10 Å². The van der Waals surface area contributed by atoms with Crippen LogP contribution in [-0.4, -0.2) is 12.1 Å². The summed E-state index contributed by atoms with van der Waals surface area (Å²) in [5.41, 5.74) is 0. The molecule has 1 fully saturated rings. The first-order valence-electron chi connectivity index (χ1n) is 7.51. The Morgan fingerprint density at radius 2 is 2.05 bits per heavy atom. The van der Waals surface area contributed by atoms with Gasteiger partial charge in [0.15, 0.2) is 0 Å². The van der Waals surface area contributed by atoms with Gasteiger partial charge in [-0.3, -0.25) is 4.79 Å². The largest absolute Gasteiger partial charge is 0.462 e. The van der Waals surface area contributed by atoms with Crippen LogP contribution in [0.3, 0.4) is 0 Å². The van der Waals surface area contributed by atoms with Crippen molar-refractivity contribution in [3.63, 3.8) is 0 Å². The maximum Gasteiger partial charge on any atom is 0.309 e. The number of carbonyl (C=O) groups excluding carboxylic acids is 1. The van der Waals surface area contributed by atoms with E-state index in [1.54, 1.807) is 0 Å². The fourth-order valence-electron chi connectivity index (χ4n) is 2.82. The van der Waals surface area contributed by atoms with Crippen LogP contribution >= 0.6 is 0 Å². The molecule has 0 unspecified atom stereocenters. The average molecular weight is 264 g/mol. The number of ether oxygens (including phenoxy) is 1. The van der Waals surface area contributed by atoms with Crippen LogP contribution < -0.4 is 0 Å². The highest BCUT2D eigenvalue weighted by Gasteiger charge is 2.33. The van der Waals surface area contributed by atoms with Gasteiger partial charge in [-0.05, 0) is 37.5 Å². The fourth-order valence-corrected chi connectivity index (χ4v) is 2.82. The second kappa shape index (κ2) is 8.19. The van der Waals surface area contributed by atoms with Gasteiger partial charge in [-0.25, -0.2) is 0 Å². The Labute approximate surface area is 117 Å². The molecule has 1 rings (SSSR count). The van der Waals surface area contributed by atoms with Gasteiger partial charge in [0.2, 0.25) is 0 Å². The number of carbonyl (C=O) groups is 1. The molecule has 0 aromatic heterocycles. The number of esters is 1. The summed E-state index contributed by atoms with van der Waals surface area (Å²) in [6.07, 6.45) is 11.6. The second-order valence-corrected chi connectivity index (χ2v) is 6.01. The quantitative estimate of drug-likeness (QED) is 0.539. The van der Waals surface area contributed by atoms with Crippen LogP contribution in [0.1, 0.15) is 53.4 Å². The van der Waals surface area contributed by atoms with Crippen molar-refractivity contribution in [3.8, 4) is 0 Å². The lowest BCUT2D eigenvalue weighted by molar-refractivity contribution is -0.154. The van der Waals surface area contributed by atoms with E-state index >= 15 is 0 Å². The number of hydrogen-bond acceptors (Lipinski definition) is 2. The summed E-state index contributed by atoms with van der Waals surface area (Å²) in [5.74, 6) is 1.69. The third kappa shape index (κ3) is 5.63. The first kappa shape index (κ1) is 16.0. The molecule has 0 aromatic carbocycles. The van der Waals surface area contributed by atoms with Crippen molar-refractivity contribution in [2.75, 3.05) is 0 Å². The molecule has 0 heterocycles. The third-order valence-electron chi connectivity index (χ3n) is 3.97. The topological polar surface area (TPSA) is 26.3 Å². The number of hydrogen-bond donors (Lipinski definition) is 0. The zero-order chi connectivity index (χ0) is 14.3. The van der Waals surface area contributed by atoms with Crippen molar-refractivity contribution < 1.29 is 9.53 Å². The molecule has 108 valence electrons. The van der Waals surface area contributed by atoms with Gasteiger partial charge in [0.25, 0.3) is 0 Å². The molecule has 0 N–H and O–H groups in total. The van der Waals surface area contributed by atoms with Gasteiger partial charge in [0.05, 0.1) is 6.42 Å². The average Bonchev–Trinajstić information content (AvgIpc) is 2.34. The molecule has 0 amide bonds. The molecule has 19 heavy (non-hydrogen) atoms. The summed E-state index contributed by atoms with van der Waals surface area (Å²) in [6.45, 7) is 8.67. The molecular formula is C17H28O2. The van der Waals surface area contributed by atoms with Gasteiger partial charge >= 0.3 is 5.97 Å². The van der Waals surface area contributed by atoms with E-state index in [1.807, 2.05) is 31.2 Å². The molecule has 0 aromatic rings. The van der Waals surface area contributed by atoms with Crippen LogP contribution in [0.25, 0.3) is 0 Å². The molecule has 3 atom stereocenters. The van der Waals surface area contributed by atoms with Crippen molar-refractivity contribution in [1.82, 2.24) is 0 Å². The van der Waals surface area contributed by atoms with Gasteiger partial charge in [-0.15, -0.1) is 0 Å². The lowest BCUT2D eigenvalue weighted by Gasteiger charge is -2.36. The van der Waals surface area contributed by atoms with Crippen LogP contribution in [0.2, 0.25) is 0 Å². The summed E-state index contributed by atoms with van der Waals surface area (Å²) < 4.78 is 5.70. The summed E-state index contributed by atoms with van der Waals surface area (Å²) in [5, 5.41) is 0. The van der Waals surface area contributed by atoms with Crippen molar-refractivity contribution in [2.45, 2.75) is 59.5 Å². The molecular weight excluding hydrogens is 236 g/mol. The summed E-state index contributed by atoms with van der Waals surface area (Å²) in [7, 11) is 0. The SMILES string of the molecule is C/C=C\C=C/CC(=O)O[C@@H]1C[C@H](C)CC[C@H]1C(C)C. The van der Waals surface area contributed by atoms with Crippen molar-refractivity contribution in [3.05, 3.63) is 24.3 Å². The maximum atomic E-state index is 11.9. The predicted octanol–water partition coefficient (Wildman–Crippen LogP) is 4.51. The molecule has 0 saturated heterocycles. The second-order valence-electron chi connectivity index (χ2n) is 6.01. The van der Waals surface area contributed by atoms with E-state index in [0.717, 1.165) is 6.42 Å². The Morgan fingerprint density at radius 3 is 2.68 bits per heavy atom. The van der Waals surface area contributed by atoms with Crippen LogP contribution in [0.4, 0.5) is 0 Å². The van der Waals surface area contributed by atoms with Crippen LogP contribution in [0.15, 0.2) is 24.3 Å².